The monoisotopic (exact) mass is 416 g/mol. The Kier molecular flexibility index (Phi) is 7.35. The molecule has 1 atom stereocenters. The number of benzene rings is 2. The second-order valence-corrected chi connectivity index (χ2v) is 7.60. The van der Waals surface area contributed by atoms with Crippen LogP contribution in [-0.2, 0) is 27.3 Å². The number of nitrogens with one attached hydrogen (secondary N) is 1. The normalized spacial score (nSPS) is 12.0. The number of nitrogens with zero attached hydrogens (tertiary/aromatic N) is 1. The zero-order valence-corrected chi connectivity index (χ0v) is 17.0. The first kappa shape index (κ1) is 22.7. The molecule has 160 valence electrons. The maximum absolute atomic E-state index is 12.6. The van der Waals surface area contributed by atoms with Crippen molar-refractivity contribution < 1.29 is 29.1 Å². The summed E-state index contributed by atoms with van der Waals surface area (Å²) in [6.07, 6.45) is -0.642. The number of hydrogen-bond acceptors (Lipinski definition) is 7. The van der Waals surface area contributed by atoms with Gasteiger partial charge in [0, 0.05) is 18.6 Å². The van der Waals surface area contributed by atoms with Gasteiger partial charge in [-0.1, -0.05) is 12.1 Å². The van der Waals surface area contributed by atoms with Crippen LogP contribution >= 0.6 is 0 Å². The molecule has 0 aliphatic carbocycles. The summed E-state index contributed by atoms with van der Waals surface area (Å²) in [6.45, 7) is 5.00. The molecule has 0 saturated carbocycles. The lowest BCUT2D eigenvalue weighted by atomic mass is 10.1. The lowest BCUT2D eigenvalue weighted by Crippen LogP contribution is -2.45. The Bertz CT molecular complexity index is 887. The molecule has 0 saturated heterocycles. The molecule has 0 unspecified atom stereocenters. The summed E-state index contributed by atoms with van der Waals surface area (Å²) >= 11 is 0. The molecule has 0 aliphatic heterocycles. The Morgan fingerprint density at radius 1 is 1.07 bits per heavy atom. The van der Waals surface area contributed by atoms with Gasteiger partial charge in [0.2, 0.25) is 0 Å². The van der Waals surface area contributed by atoms with E-state index in [0.717, 1.165) is 0 Å². The van der Waals surface area contributed by atoms with Crippen molar-refractivity contribution in [1.82, 2.24) is 5.32 Å². The molecule has 0 heterocycles. The molecular formula is C21H24N2O7. The number of nitro benzene ring substituents is 1. The van der Waals surface area contributed by atoms with Gasteiger partial charge in [0.1, 0.15) is 24.0 Å². The average molecular weight is 416 g/mol. The molecule has 2 aromatic carbocycles. The van der Waals surface area contributed by atoms with Crippen LogP contribution in [0.2, 0.25) is 0 Å². The molecule has 1 amide bonds. The fourth-order valence-corrected chi connectivity index (χ4v) is 2.48. The van der Waals surface area contributed by atoms with Crippen molar-refractivity contribution in [2.24, 2.45) is 0 Å². The molecule has 0 bridgehead atoms. The van der Waals surface area contributed by atoms with Crippen LogP contribution in [0.15, 0.2) is 48.5 Å². The van der Waals surface area contributed by atoms with E-state index >= 15 is 0 Å². The molecule has 0 aliphatic rings. The summed E-state index contributed by atoms with van der Waals surface area (Å²) in [5.74, 6) is -0.608. The van der Waals surface area contributed by atoms with Gasteiger partial charge in [-0.3, -0.25) is 10.1 Å². The minimum atomic E-state index is -1.03. The fourth-order valence-electron chi connectivity index (χ4n) is 2.48. The number of amides is 1. The molecule has 0 radical (unpaired) electrons. The van der Waals surface area contributed by atoms with Gasteiger partial charge >= 0.3 is 12.1 Å². The number of non-ortho nitro benzene ring substituents is 1. The average Bonchev–Trinajstić information content (AvgIpc) is 2.66. The van der Waals surface area contributed by atoms with Crippen LogP contribution in [0.5, 0.6) is 5.75 Å². The maximum atomic E-state index is 12.6. The smallest absolute Gasteiger partial charge is 0.408 e. The second-order valence-electron chi connectivity index (χ2n) is 7.60. The zero-order valence-electron chi connectivity index (χ0n) is 17.0. The SMILES string of the molecule is CC(C)(C)OC(=O)N[C@H](Cc1ccc(O)cc1)C(=O)OCc1ccc([N+](=O)[O-])cc1. The maximum Gasteiger partial charge on any atom is 0.408 e. The van der Waals surface area contributed by atoms with Gasteiger partial charge in [-0.05, 0) is 56.2 Å². The van der Waals surface area contributed by atoms with Gasteiger partial charge in [0.05, 0.1) is 4.92 Å². The summed E-state index contributed by atoms with van der Waals surface area (Å²) in [5.41, 5.74) is 0.452. The van der Waals surface area contributed by atoms with E-state index in [0.29, 0.717) is 11.1 Å². The minimum absolute atomic E-state index is 0.0677. The summed E-state index contributed by atoms with van der Waals surface area (Å²) in [4.78, 5) is 35.0. The van der Waals surface area contributed by atoms with Gasteiger partial charge in [0.25, 0.3) is 5.69 Å². The highest BCUT2D eigenvalue weighted by Gasteiger charge is 2.26. The Morgan fingerprint density at radius 3 is 2.17 bits per heavy atom. The predicted octanol–water partition coefficient (Wildman–Crippen LogP) is 3.48. The third-order valence-electron chi connectivity index (χ3n) is 3.88. The van der Waals surface area contributed by atoms with Crippen molar-refractivity contribution in [1.29, 1.82) is 0 Å². The highest BCUT2D eigenvalue weighted by molar-refractivity contribution is 5.81. The molecule has 2 rings (SSSR count). The fraction of sp³-hybridized carbons (Fsp3) is 0.333. The number of esters is 1. The first-order valence-electron chi connectivity index (χ1n) is 9.21. The zero-order chi connectivity index (χ0) is 22.3. The van der Waals surface area contributed by atoms with Crippen molar-refractivity contribution in [3.05, 3.63) is 69.8 Å². The van der Waals surface area contributed by atoms with E-state index in [1.165, 1.54) is 36.4 Å². The third-order valence-corrected chi connectivity index (χ3v) is 3.88. The molecule has 2 aromatic rings. The highest BCUT2D eigenvalue weighted by atomic mass is 16.6. The van der Waals surface area contributed by atoms with Crippen LogP contribution in [-0.4, -0.2) is 33.7 Å². The van der Waals surface area contributed by atoms with Crippen LogP contribution in [0.3, 0.4) is 0 Å². The largest absolute Gasteiger partial charge is 0.508 e. The second kappa shape index (κ2) is 9.73. The van der Waals surface area contributed by atoms with Crippen molar-refractivity contribution in [2.75, 3.05) is 0 Å². The topological polar surface area (TPSA) is 128 Å². The third kappa shape index (κ3) is 7.42. The predicted molar refractivity (Wildman–Crippen MR) is 108 cm³/mol. The van der Waals surface area contributed by atoms with E-state index in [4.69, 9.17) is 9.47 Å². The summed E-state index contributed by atoms with van der Waals surface area (Å²) in [6, 6.07) is 10.8. The first-order chi connectivity index (χ1) is 14.0. The lowest BCUT2D eigenvalue weighted by Gasteiger charge is -2.23. The molecule has 0 fully saturated rings. The number of alkyl carbamates (subject to hydrolysis) is 1. The lowest BCUT2D eigenvalue weighted by molar-refractivity contribution is -0.384. The van der Waals surface area contributed by atoms with E-state index in [9.17, 15) is 24.8 Å². The standard InChI is InChI=1S/C21H24N2O7/c1-21(2,3)30-20(26)22-18(12-14-6-10-17(24)11-7-14)19(25)29-13-15-4-8-16(9-5-15)23(27)28/h4-11,18,24H,12-13H2,1-3H3,(H,22,26)/t18-/m1/s1. The van der Waals surface area contributed by atoms with Crippen LogP contribution < -0.4 is 5.32 Å². The van der Waals surface area contributed by atoms with Crippen LogP contribution in [0.1, 0.15) is 31.9 Å². The first-order valence-corrected chi connectivity index (χ1v) is 9.21. The van der Waals surface area contributed by atoms with Crippen LogP contribution in [0.25, 0.3) is 0 Å². The summed E-state index contributed by atoms with van der Waals surface area (Å²) in [7, 11) is 0. The number of hydrogen-bond donors (Lipinski definition) is 2. The Balaban J connectivity index is 2.07. The highest BCUT2D eigenvalue weighted by Crippen LogP contribution is 2.15. The van der Waals surface area contributed by atoms with Gasteiger partial charge in [-0.2, -0.15) is 0 Å². The van der Waals surface area contributed by atoms with Crippen LogP contribution in [0.4, 0.5) is 10.5 Å². The number of aromatic hydroxyl groups is 1. The van der Waals surface area contributed by atoms with Crippen molar-refractivity contribution in [3.63, 3.8) is 0 Å². The van der Waals surface area contributed by atoms with Gasteiger partial charge in [-0.25, -0.2) is 9.59 Å². The quantitative estimate of drug-likeness (QED) is 0.402. The van der Waals surface area contributed by atoms with E-state index in [2.05, 4.69) is 5.32 Å². The Hall–Kier alpha value is -3.62. The van der Waals surface area contributed by atoms with Crippen LogP contribution in [0, 0.1) is 10.1 Å². The number of phenolic OH excluding ortho intramolecular Hbond substituents is 1. The van der Waals surface area contributed by atoms with Crippen molar-refractivity contribution >= 4 is 17.7 Å². The number of rotatable bonds is 7. The van der Waals surface area contributed by atoms with E-state index in [-0.39, 0.29) is 24.5 Å². The number of carbonyl (C=O) groups is 2. The molecular weight excluding hydrogens is 392 g/mol. The summed E-state index contributed by atoms with van der Waals surface area (Å²) in [5, 5.41) is 22.6. The molecule has 0 aromatic heterocycles. The van der Waals surface area contributed by atoms with Gasteiger partial charge < -0.3 is 19.9 Å². The molecule has 9 nitrogen and oxygen atoms in total. The van der Waals surface area contributed by atoms with Crippen molar-refractivity contribution in [3.8, 4) is 5.75 Å². The molecule has 9 heteroatoms. The molecule has 0 spiro atoms. The minimum Gasteiger partial charge on any atom is -0.508 e. The van der Waals surface area contributed by atoms with Gasteiger partial charge in [0.15, 0.2) is 0 Å². The van der Waals surface area contributed by atoms with E-state index in [1.54, 1.807) is 32.9 Å². The number of nitro groups is 1. The number of phenols is 1. The number of ether oxygens (including phenoxy) is 2. The molecule has 30 heavy (non-hydrogen) atoms. The van der Waals surface area contributed by atoms with Crippen molar-refractivity contribution in [2.45, 2.75) is 45.4 Å². The van der Waals surface area contributed by atoms with E-state index in [1.807, 2.05) is 0 Å². The van der Waals surface area contributed by atoms with E-state index < -0.39 is 28.6 Å². The molecule has 2 N–H and O–H groups in total. The van der Waals surface area contributed by atoms with Gasteiger partial charge in [-0.15, -0.1) is 0 Å². The Labute approximate surface area is 173 Å². The summed E-state index contributed by atoms with van der Waals surface area (Å²) < 4.78 is 10.5. The Morgan fingerprint density at radius 2 is 1.63 bits per heavy atom. The number of carbonyl (C=O) groups excluding carboxylic acids is 2.